The van der Waals surface area contributed by atoms with Crippen molar-refractivity contribution in [2.75, 3.05) is 18.0 Å². The van der Waals surface area contributed by atoms with Crippen molar-refractivity contribution >= 4 is 16.7 Å². The van der Waals surface area contributed by atoms with E-state index in [-0.39, 0.29) is 0 Å². The second-order valence-corrected chi connectivity index (χ2v) is 5.10. The summed E-state index contributed by atoms with van der Waals surface area (Å²) in [4.78, 5) is 7.06. The molecule has 0 spiro atoms. The summed E-state index contributed by atoms with van der Waals surface area (Å²) in [6, 6.07) is 12.4. The smallest absolute Gasteiger partial charge is 0.183 e. The second kappa shape index (κ2) is 5.56. The largest absolute Gasteiger partial charge is 0.371 e. The van der Waals surface area contributed by atoms with Crippen LogP contribution < -0.4 is 4.90 Å². The first-order valence-electron chi connectivity index (χ1n) is 7.37. The zero-order chi connectivity index (χ0) is 14.8. The summed E-state index contributed by atoms with van der Waals surface area (Å²) in [7, 11) is 1.94. The van der Waals surface area contributed by atoms with E-state index < -0.39 is 0 Å². The van der Waals surface area contributed by atoms with Crippen LogP contribution in [0.15, 0.2) is 42.6 Å². The number of hydrogen-bond acceptors (Lipinski definition) is 3. The van der Waals surface area contributed by atoms with Crippen LogP contribution >= 0.6 is 0 Å². The number of benzene rings is 1. The van der Waals surface area contributed by atoms with Gasteiger partial charge in [-0.25, -0.2) is 4.98 Å². The van der Waals surface area contributed by atoms with E-state index in [0.717, 1.165) is 35.4 Å². The van der Waals surface area contributed by atoms with Crippen LogP contribution in [0, 0.1) is 0 Å². The van der Waals surface area contributed by atoms with E-state index in [9.17, 15) is 0 Å². The lowest BCUT2D eigenvalue weighted by molar-refractivity contribution is 0.776. The van der Waals surface area contributed by atoms with Crippen molar-refractivity contribution in [1.82, 2.24) is 14.8 Å². The highest BCUT2D eigenvalue weighted by Gasteiger charge is 2.14. The molecule has 108 valence electrons. The molecular weight excluding hydrogens is 260 g/mol. The first-order valence-corrected chi connectivity index (χ1v) is 7.37. The molecule has 0 aliphatic heterocycles. The number of fused-ring (bicyclic) bond motifs is 1. The maximum Gasteiger partial charge on any atom is 0.183 e. The zero-order valence-corrected chi connectivity index (χ0v) is 12.7. The maximum absolute atomic E-state index is 4.72. The summed E-state index contributed by atoms with van der Waals surface area (Å²) in [5.74, 6) is 0. The third kappa shape index (κ3) is 2.49. The van der Waals surface area contributed by atoms with Crippen LogP contribution in [0.3, 0.4) is 0 Å². The monoisotopic (exact) mass is 280 g/mol. The van der Waals surface area contributed by atoms with Gasteiger partial charge in [-0.2, -0.15) is 5.10 Å². The molecule has 0 fully saturated rings. The van der Waals surface area contributed by atoms with Crippen LogP contribution in [0.4, 0.5) is 5.69 Å². The Hall–Kier alpha value is -2.36. The molecular formula is C17H20N4. The number of pyridine rings is 1. The van der Waals surface area contributed by atoms with Crippen molar-refractivity contribution in [3.05, 3.63) is 42.6 Å². The van der Waals surface area contributed by atoms with Gasteiger partial charge in [0.05, 0.1) is 16.8 Å². The van der Waals surface area contributed by atoms with Gasteiger partial charge in [0.25, 0.3) is 0 Å². The molecule has 0 atom stereocenters. The van der Waals surface area contributed by atoms with Gasteiger partial charge in [-0.3, -0.25) is 4.68 Å². The summed E-state index contributed by atoms with van der Waals surface area (Å²) < 4.78 is 1.83. The standard InChI is InChI=1S/C17H20N4/c1-4-21(5-2)16-11-15(13-9-7-6-8-10-13)18-17-14(16)12-20(3)19-17/h6-12H,4-5H2,1-3H3. The topological polar surface area (TPSA) is 34.0 Å². The molecule has 3 aromatic rings. The molecule has 0 radical (unpaired) electrons. The molecule has 0 saturated carbocycles. The van der Waals surface area contributed by atoms with Crippen LogP contribution in [-0.2, 0) is 7.05 Å². The highest BCUT2D eigenvalue weighted by molar-refractivity contribution is 5.92. The predicted octanol–water partition coefficient (Wildman–Crippen LogP) is 3.48. The maximum atomic E-state index is 4.72. The van der Waals surface area contributed by atoms with Gasteiger partial charge < -0.3 is 4.90 Å². The molecule has 21 heavy (non-hydrogen) atoms. The fraction of sp³-hybridized carbons (Fsp3) is 0.294. The summed E-state index contributed by atoms with van der Waals surface area (Å²) in [6.45, 7) is 6.29. The van der Waals surface area contributed by atoms with E-state index in [1.54, 1.807) is 0 Å². The number of nitrogens with zero attached hydrogens (tertiary/aromatic N) is 4. The summed E-state index contributed by atoms with van der Waals surface area (Å²) in [5, 5.41) is 5.60. The highest BCUT2D eigenvalue weighted by Crippen LogP contribution is 2.30. The summed E-state index contributed by atoms with van der Waals surface area (Å²) >= 11 is 0. The Labute approximate surface area is 125 Å². The Morgan fingerprint density at radius 1 is 1.10 bits per heavy atom. The molecule has 4 heteroatoms. The highest BCUT2D eigenvalue weighted by atomic mass is 15.3. The van der Waals surface area contributed by atoms with E-state index >= 15 is 0 Å². The lowest BCUT2D eigenvalue weighted by atomic mass is 10.1. The average Bonchev–Trinajstić information content (AvgIpc) is 2.89. The van der Waals surface area contributed by atoms with Crippen molar-refractivity contribution in [2.24, 2.45) is 7.05 Å². The zero-order valence-electron chi connectivity index (χ0n) is 12.7. The molecule has 0 amide bonds. The third-order valence-corrected chi connectivity index (χ3v) is 3.76. The van der Waals surface area contributed by atoms with Gasteiger partial charge in [-0.15, -0.1) is 0 Å². The minimum Gasteiger partial charge on any atom is -0.371 e. The van der Waals surface area contributed by atoms with Crippen molar-refractivity contribution in [1.29, 1.82) is 0 Å². The average molecular weight is 280 g/mol. The van der Waals surface area contributed by atoms with E-state index in [1.165, 1.54) is 5.69 Å². The number of rotatable bonds is 4. The van der Waals surface area contributed by atoms with Gasteiger partial charge in [0.15, 0.2) is 5.65 Å². The van der Waals surface area contributed by atoms with E-state index in [2.05, 4.69) is 42.0 Å². The van der Waals surface area contributed by atoms with Crippen LogP contribution in [0.2, 0.25) is 0 Å². The van der Waals surface area contributed by atoms with Gasteiger partial charge in [0.1, 0.15) is 0 Å². The number of aryl methyl sites for hydroxylation is 1. The van der Waals surface area contributed by atoms with Crippen LogP contribution in [0.1, 0.15) is 13.8 Å². The second-order valence-electron chi connectivity index (χ2n) is 5.10. The fourth-order valence-electron chi connectivity index (χ4n) is 2.68. The Kier molecular flexibility index (Phi) is 3.60. The lowest BCUT2D eigenvalue weighted by Crippen LogP contribution is -2.22. The quantitative estimate of drug-likeness (QED) is 0.733. The van der Waals surface area contributed by atoms with Crippen LogP contribution in [-0.4, -0.2) is 27.9 Å². The van der Waals surface area contributed by atoms with Crippen molar-refractivity contribution < 1.29 is 0 Å². The molecule has 0 saturated heterocycles. The number of aromatic nitrogens is 3. The van der Waals surface area contributed by atoms with Crippen molar-refractivity contribution in [3.63, 3.8) is 0 Å². The molecule has 0 N–H and O–H groups in total. The molecule has 4 nitrogen and oxygen atoms in total. The third-order valence-electron chi connectivity index (χ3n) is 3.76. The van der Waals surface area contributed by atoms with E-state index in [0.29, 0.717) is 0 Å². The van der Waals surface area contributed by atoms with Gasteiger partial charge in [-0.05, 0) is 19.9 Å². The van der Waals surface area contributed by atoms with Gasteiger partial charge in [-0.1, -0.05) is 30.3 Å². The van der Waals surface area contributed by atoms with Crippen molar-refractivity contribution in [3.8, 4) is 11.3 Å². The SMILES string of the molecule is CCN(CC)c1cc(-c2ccccc2)nc2nn(C)cc12. The minimum atomic E-state index is 0.806. The summed E-state index contributed by atoms with van der Waals surface area (Å²) in [6.07, 6.45) is 2.05. The van der Waals surface area contributed by atoms with E-state index in [4.69, 9.17) is 4.98 Å². The molecule has 0 aliphatic rings. The first kappa shape index (κ1) is 13.6. The van der Waals surface area contributed by atoms with Gasteiger partial charge in [0.2, 0.25) is 0 Å². The van der Waals surface area contributed by atoms with Crippen molar-refractivity contribution in [2.45, 2.75) is 13.8 Å². The Bertz CT molecular complexity index is 742. The van der Waals surface area contributed by atoms with E-state index in [1.807, 2.05) is 36.1 Å². The molecule has 0 aliphatic carbocycles. The lowest BCUT2D eigenvalue weighted by Gasteiger charge is -2.22. The minimum absolute atomic E-state index is 0.806. The Morgan fingerprint density at radius 2 is 1.81 bits per heavy atom. The van der Waals surface area contributed by atoms with Gasteiger partial charge in [0, 0.05) is 31.9 Å². The normalized spacial score (nSPS) is 11.0. The summed E-state index contributed by atoms with van der Waals surface area (Å²) in [5.41, 5.74) is 4.11. The molecule has 2 heterocycles. The fourth-order valence-corrected chi connectivity index (χ4v) is 2.68. The predicted molar refractivity (Wildman–Crippen MR) is 87.5 cm³/mol. The molecule has 1 aromatic carbocycles. The molecule has 2 aromatic heterocycles. The number of anilines is 1. The first-order chi connectivity index (χ1) is 10.2. The molecule has 3 rings (SSSR count). The molecule has 0 unspecified atom stereocenters. The Morgan fingerprint density at radius 3 is 2.48 bits per heavy atom. The number of hydrogen-bond donors (Lipinski definition) is 0. The van der Waals surface area contributed by atoms with Crippen LogP contribution in [0.5, 0.6) is 0 Å². The Balaban J connectivity index is 2.24. The van der Waals surface area contributed by atoms with Gasteiger partial charge >= 0.3 is 0 Å². The molecule has 0 bridgehead atoms. The van der Waals surface area contributed by atoms with Crippen LogP contribution in [0.25, 0.3) is 22.3 Å².